The van der Waals surface area contributed by atoms with Gasteiger partial charge in [0.05, 0.1) is 5.52 Å². The predicted octanol–water partition coefficient (Wildman–Crippen LogP) is 3.87. The fraction of sp³-hybridized carbons (Fsp3) is 0.500. The van der Waals surface area contributed by atoms with E-state index in [2.05, 4.69) is 15.0 Å². The Morgan fingerprint density at radius 2 is 1.73 bits per heavy atom. The minimum absolute atomic E-state index is 0. The predicted molar refractivity (Wildman–Crippen MR) is 68.2 cm³/mol. The Morgan fingerprint density at radius 3 is 2.33 bits per heavy atom. The van der Waals surface area contributed by atoms with Gasteiger partial charge in [0.25, 0.3) is 0 Å². The molecule has 15 heavy (non-hydrogen) atoms. The first kappa shape index (κ1) is 13.6. The van der Waals surface area contributed by atoms with Crippen LogP contribution in [-0.4, -0.2) is 15.0 Å². The third-order valence-corrected chi connectivity index (χ3v) is 1.59. The van der Waals surface area contributed by atoms with E-state index in [0.717, 1.165) is 22.6 Å². The molecule has 2 aromatic heterocycles. The lowest BCUT2D eigenvalue weighted by atomic mass is 10.3. The molecule has 2 rings (SSSR count). The van der Waals surface area contributed by atoms with Crippen LogP contribution in [0.25, 0.3) is 11.2 Å². The Balaban J connectivity index is 0. The van der Waals surface area contributed by atoms with E-state index in [1.807, 2.05) is 53.8 Å². The summed E-state index contributed by atoms with van der Waals surface area (Å²) in [5.41, 5.74) is 2.97. The zero-order chi connectivity index (χ0) is 11.8. The van der Waals surface area contributed by atoms with Crippen molar-refractivity contribution in [3.63, 3.8) is 0 Å². The highest BCUT2D eigenvalue weighted by atomic mass is 15.0. The highest BCUT2D eigenvalue weighted by Crippen LogP contribution is 2.08. The van der Waals surface area contributed by atoms with Crippen LogP contribution < -0.4 is 0 Å². The Bertz CT molecular complexity index is 396. The lowest BCUT2D eigenvalue weighted by molar-refractivity contribution is 1.16. The van der Waals surface area contributed by atoms with Gasteiger partial charge in [-0.05, 0) is 25.5 Å². The minimum Gasteiger partial charge on any atom is -0.341 e. The molecule has 86 valence electrons. The van der Waals surface area contributed by atoms with Gasteiger partial charge in [0.15, 0.2) is 5.65 Å². The number of nitrogens with zero attached hydrogens (tertiary/aromatic N) is 2. The maximum Gasteiger partial charge on any atom is 0.177 e. The molecule has 0 spiro atoms. The van der Waals surface area contributed by atoms with Gasteiger partial charge in [-0.25, -0.2) is 9.97 Å². The summed E-state index contributed by atoms with van der Waals surface area (Å²) in [6.45, 7) is 11.9. The number of rotatable bonds is 0. The lowest BCUT2D eigenvalue weighted by Crippen LogP contribution is -1.77. The van der Waals surface area contributed by atoms with Crippen LogP contribution in [0.1, 0.15) is 40.5 Å². The molecule has 0 fully saturated rings. The lowest BCUT2D eigenvalue weighted by Gasteiger charge is -1.88. The van der Waals surface area contributed by atoms with Crippen molar-refractivity contribution in [2.75, 3.05) is 0 Å². The molecule has 0 atom stereocenters. The van der Waals surface area contributed by atoms with Gasteiger partial charge in [-0.1, -0.05) is 27.7 Å². The van der Waals surface area contributed by atoms with Crippen LogP contribution in [0.5, 0.6) is 0 Å². The Labute approximate surface area is 93.4 Å². The van der Waals surface area contributed by atoms with Crippen molar-refractivity contribution in [3.05, 3.63) is 23.7 Å². The SMILES string of the molecule is CC.CC.Cc1cnc2nc(C)[nH]c2c1.[HH]. The number of aromatic amines is 1. The topological polar surface area (TPSA) is 41.6 Å². The van der Waals surface area contributed by atoms with Gasteiger partial charge in [0.2, 0.25) is 0 Å². The molecule has 0 aliphatic heterocycles. The largest absolute Gasteiger partial charge is 0.341 e. The monoisotopic (exact) mass is 209 g/mol. The quantitative estimate of drug-likeness (QED) is 0.715. The smallest absolute Gasteiger partial charge is 0.177 e. The van der Waals surface area contributed by atoms with Crippen molar-refractivity contribution >= 4 is 11.2 Å². The van der Waals surface area contributed by atoms with Crippen LogP contribution in [0.3, 0.4) is 0 Å². The summed E-state index contributed by atoms with van der Waals surface area (Å²) in [5, 5.41) is 0. The number of H-pyrrole nitrogens is 1. The molecular weight excluding hydrogens is 186 g/mol. The standard InChI is InChI=1S/C8H9N3.2C2H6.H2/c1-5-3-7-8(9-4-5)11-6(2)10-7;2*1-2;/h3-4H,1-2H3,(H,9,10,11);2*1-2H3;1H. The van der Waals surface area contributed by atoms with Crippen LogP contribution in [0.2, 0.25) is 0 Å². The molecule has 3 nitrogen and oxygen atoms in total. The summed E-state index contributed by atoms with van der Waals surface area (Å²) < 4.78 is 0. The summed E-state index contributed by atoms with van der Waals surface area (Å²) in [6, 6.07) is 2.04. The summed E-state index contributed by atoms with van der Waals surface area (Å²) >= 11 is 0. The van der Waals surface area contributed by atoms with Crippen LogP contribution >= 0.6 is 0 Å². The first-order valence-electron chi connectivity index (χ1n) is 5.55. The van der Waals surface area contributed by atoms with Gasteiger partial charge < -0.3 is 4.98 Å². The van der Waals surface area contributed by atoms with Gasteiger partial charge in [-0.2, -0.15) is 0 Å². The maximum absolute atomic E-state index is 4.19. The summed E-state index contributed by atoms with van der Waals surface area (Å²) in [5.74, 6) is 0.915. The first-order valence-corrected chi connectivity index (χ1v) is 5.55. The van der Waals surface area contributed by atoms with Crippen LogP contribution in [0.4, 0.5) is 0 Å². The van der Waals surface area contributed by atoms with Gasteiger partial charge in [-0.3, -0.25) is 0 Å². The second kappa shape index (κ2) is 6.98. The summed E-state index contributed by atoms with van der Waals surface area (Å²) in [7, 11) is 0. The molecule has 0 saturated carbocycles. The molecule has 0 radical (unpaired) electrons. The molecule has 0 amide bonds. The molecule has 0 aliphatic carbocycles. The Morgan fingerprint density at radius 1 is 1.13 bits per heavy atom. The van der Waals surface area contributed by atoms with E-state index in [1.165, 1.54) is 0 Å². The molecule has 1 N–H and O–H groups in total. The van der Waals surface area contributed by atoms with E-state index >= 15 is 0 Å². The number of aryl methyl sites for hydroxylation is 2. The van der Waals surface area contributed by atoms with Crippen LogP contribution in [-0.2, 0) is 0 Å². The third-order valence-electron chi connectivity index (χ3n) is 1.59. The second-order valence-electron chi connectivity index (χ2n) is 2.71. The number of hydrogen-bond donors (Lipinski definition) is 1. The second-order valence-corrected chi connectivity index (χ2v) is 2.71. The minimum atomic E-state index is 0. The summed E-state index contributed by atoms with van der Waals surface area (Å²) in [6.07, 6.45) is 1.82. The average molecular weight is 209 g/mol. The fourth-order valence-corrected chi connectivity index (χ4v) is 1.12. The fourth-order valence-electron chi connectivity index (χ4n) is 1.12. The van der Waals surface area contributed by atoms with Gasteiger partial charge in [0.1, 0.15) is 5.82 Å². The third kappa shape index (κ3) is 3.70. The Kier molecular flexibility index (Phi) is 6.34. The molecule has 0 aromatic carbocycles. The van der Waals surface area contributed by atoms with Crippen LogP contribution in [0.15, 0.2) is 12.3 Å². The number of imidazole rings is 1. The molecule has 2 aromatic rings. The zero-order valence-electron chi connectivity index (χ0n) is 10.5. The van der Waals surface area contributed by atoms with E-state index in [4.69, 9.17) is 0 Å². The molecule has 0 aliphatic rings. The molecule has 2 heterocycles. The van der Waals surface area contributed by atoms with E-state index in [1.54, 1.807) is 0 Å². The van der Waals surface area contributed by atoms with Crippen molar-refractivity contribution in [2.24, 2.45) is 0 Å². The maximum atomic E-state index is 4.19. The first-order chi connectivity index (χ1) is 7.25. The number of fused-ring (bicyclic) bond motifs is 1. The van der Waals surface area contributed by atoms with Crippen molar-refractivity contribution in [2.45, 2.75) is 41.5 Å². The van der Waals surface area contributed by atoms with Crippen molar-refractivity contribution < 1.29 is 1.43 Å². The molecular formula is C12H23N3. The van der Waals surface area contributed by atoms with Crippen molar-refractivity contribution in [1.82, 2.24) is 15.0 Å². The zero-order valence-corrected chi connectivity index (χ0v) is 10.5. The van der Waals surface area contributed by atoms with E-state index < -0.39 is 0 Å². The van der Waals surface area contributed by atoms with Gasteiger partial charge in [0, 0.05) is 7.62 Å². The number of pyridine rings is 1. The van der Waals surface area contributed by atoms with Crippen LogP contribution in [0, 0.1) is 13.8 Å². The highest BCUT2D eigenvalue weighted by molar-refractivity contribution is 5.70. The van der Waals surface area contributed by atoms with Crippen molar-refractivity contribution in [3.8, 4) is 0 Å². The highest BCUT2D eigenvalue weighted by Gasteiger charge is 1.98. The van der Waals surface area contributed by atoms with Gasteiger partial charge >= 0.3 is 0 Å². The van der Waals surface area contributed by atoms with E-state index in [9.17, 15) is 0 Å². The summed E-state index contributed by atoms with van der Waals surface area (Å²) in [4.78, 5) is 11.5. The molecule has 3 heteroatoms. The van der Waals surface area contributed by atoms with E-state index in [-0.39, 0.29) is 1.43 Å². The molecule has 0 saturated heterocycles. The number of nitrogens with one attached hydrogen (secondary N) is 1. The van der Waals surface area contributed by atoms with E-state index in [0.29, 0.717) is 0 Å². The number of hydrogen-bond acceptors (Lipinski definition) is 2. The normalized spacial score (nSPS) is 8.67. The average Bonchev–Trinajstić information content (AvgIpc) is 2.63. The molecule has 0 unspecified atom stereocenters. The van der Waals surface area contributed by atoms with Gasteiger partial charge in [-0.15, -0.1) is 0 Å². The Hall–Kier alpha value is -1.38. The van der Waals surface area contributed by atoms with Crippen molar-refractivity contribution in [1.29, 1.82) is 0 Å². The number of aromatic nitrogens is 3. The molecule has 0 bridgehead atoms.